The highest BCUT2D eigenvalue weighted by molar-refractivity contribution is 8.26. The summed E-state index contributed by atoms with van der Waals surface area (Å²) in [5, 5.41) is 22.0. The Bertz CT molecular complexity index is 1460. The summed E-state index contributed by atoms with van der Waals surface area (Å²) < 4.78 is 7.35. The minimum Gasteiger partial charge on any atom is -0.497 e. The van der Waals surface area contributed by atoms with Gasteiger partial charge < -0.3 is 15.2 Å². The number of nitriles is 1. The van der Waals surface area contributed by atoms with Crippen LogP contribution in [0, 0.1) is 18.3 Å². The maximum Gasteiger partial charge on any atom is 0.303 e. The molecule has 0 spiro atoms. The van der Waals surface area contributed by atoms with Gasteiger partial charge >= 0.3 is 5.97 Å². The second kappa shape index (κ2) is 17.6. The lowest BCUT2D eigenvalue weighted by molar-refractivity contribution is -0.137. The van der Waals surface area contributed by atoms with E-state index in [9.17, 15) is 19.6 Å². The molecule has 1 aliphatic rings. The first-order chi connectivity index (χ1) is 21.2. The number of thioether (sulfide) groups is 1. The van der Waals surface area contributed by atoms with Crippen LogP contribution < -0.4 is 15.6 Å². The number of hydrogen-bond donors (Lipinski definition) is 2. The number of benzene rings is 1. The molecule has 3 rings (SSSR count). The molecule has 2 N–H and O–H groups in total. The summed E-state index contributed by atoms with van der Waals surface area (Å²) in [4.78, 5) is 39.5. The fourth-order valence-corrected chi connectivity index (χ4v) is 6.44. The zero-order valence-electron chi connectivity index (χ0n) is 25.8. The molecule has 0 radical (unpaired) electrons. The molecule has 0 aliphatic carbocycles. The van der Waals surface area contributed by atoms with Crippen LogP contribution in [0.25, 0.3) is 6.08 Å². The van der Waals surface area contributed by atoms with E-state index in [4.69, 9.17) is 22.1 Å². The smallest absolute Gasteiger partial charge is 0.303 e. The number of carbonyl (C=O) groups excluding carboxylic acids is 1. The van der Waals surface area contributed by atoms with Gasteiger partial charge in [-0.3, -0.25) is 23.9 Å². The van der Waals surface area contributed by atoms with E-state index in [0.717, 1.165) is 62.7 Å². The van der Waals surface area contributed by atoms with Crippen molar-refractivity contribution in [1.29, 1.82) is 5.26 Å². The predicted octanol–water partition coefficient (Wildman–Crippen LogP) is 6.86. The molecule has 11 heteroatoms. The first-order valence-corrected chi connectivity index (χ1v) is 16.5. The van der Waals surface area contributed by atoms with Gasteiger partial charge in [0.1, 0.15) is 27.5 Å². The second-order valence-corrected chi connectivity index (χ2v) is 12.5. The number of nitrogens with one attached hydrogen (secondary N) is 1. The van der Waals surface area contributed by atoms with E-state index in [2.05, 4.69) is 11.4 Å². The van der Waals surface area contributed by atoms with Crippen LogP contribution in [-0.2, 0) is 22.7 Å². The quantitative estimate of drug-likeness (QED) is 0.102. The lowest BCUT2D eigenvalue weighted by Gasteiger charge is -2.20. The summed E-state index contributed by atoms with van der Waals surface area (Å²) in [6.07, 6.45) is 10.5. The van der Waals surface area contributed by atoms with E-state index >= 15 is 0 Å². The minimum absolute atomic E-state index is 0.0667. The van der Waals surface area contributed by atoms with Crippen molar-refractivity contribution in [2.45, 2.75) is 91.1 Å². The fourth-order valence-electron chi connectivity index (χ4n) is 5.15. The summed E-state index contributed by atoms with van der Waals surface area (Å²) in [6, 6.07) is 9.71. The molecule has 1 amide bonds. The molecule has 1 fully saturated rings. The van der Waals surface area contributed by atoms with Crippen molar-refractivity contribution in [3.8, 4) is 11.8 Å². The van der Waals surface area contributed by atoms with Crippen molar-refractivity contribution >= 4 is 52.1 Å². The van der Waals surface area contributed by atoms with Gasteiger partial charge in [0.15, 0.2) is 0 Å². The van der Waals surface area contributed by atoms with Gasteiger partial charge in [0.2, 0.25) is 0 Å². The van der Waals surface area contributed by atoms with Gasteiger partial charge in [-0.05, 0) is 55.5 Å². The molecule has 9 nitrogen and oxygen atoms in total. The van der Waals surface area contributed by atoms with E-state index in [1.54, 1.807) is 29.6 Å². The van der Waals surface area contributed by atoms with E-state index in [1.807, 2.05) is 31.2 Å². The van der Waals surface area contributed by atoms with Crippen molar-refractivity contribution < 1.29 is 19.4 Å². The Balaban J connectivity index is 1.73. The van der Waals surface area contributed by atoms with Crippen molar-refractivity contribution in [3.05, 3.63) is 61.8 Å². The number of amides is 1. The van der Waals surface area contributed by atoms with E-state index in [-0.39, 0.29) is 23.5 Å². The Morgan fingerprint density at radius 2 is 1.70 bits per heavy atom. The van der Waals surface area contributed by atoms with Crippen LogP contribution in [0.3, 0.4) is 0 Å². The summed E-state index contributed by atoms with van der Waals surface area (Å²) >= 11 is 6.83. The highest BCUT2D eigenvalue weighted by Gasteiger charge is 2.32. The molecule has 1 aromatic carbocycles. The number of carboxylic acids is 1. The number of rotatable bonds is 18. The average Bonchev–Trinajstić information content (AvgIpc) is 3.27. The summed E-state index contributed by atoms with van der Waals surface area (Å²) in [5.41, 5.74) is 1.85. The molecule has 0 bridgehead atoms. The molecule has 0 saturated carbocycles. The van der Waals surface area contributed by atoms with E-state index < -0.39 is 5.97 Å². The molecule has 0 atom stereocenters. The van der Waals surface area contributed by atoms with Crippen LogP contribution in [0.2, 0.25) is 0 Å². The third-order valence-corrected chi connectivity index (χ3v) is 8.99. The molecule has 2 heterocycles. The normalized spacial score (nSPS) is 13.9. The number of carboxylic acid groups (broad SMARTS) is 1. The third kappa shape index (κ3) is 9.44. The molecule has 0 unspecified atom stereocenters. The van der Waals surface area contributed by atoms with Gasteiger partial charge in [0.25, 0.3) is 11.5 Å². The fraction of sp³-hybridized carbons (Fsp3) is 0.485. The van der Waals surface area contributed by atoms with Crippen LogP contribution in [0.15, 0.2) is 34.0 Å². The number of hydrogen-bond acceptors (Lipinski definition) is 8. The Morgan fingerprint density at radius 3 is 2.30 bits per heavy atom. The molecule has 1 saturated heterocycles. The molecule has 1 aliphatic heterocycles. The summed E-state index contributed by atoms with van der Waals surface area (Å²) in [7, 11) is 1.61. The van der Waals surface area contributed by atoms with Gasteiger partial charge in [-0.1, -0.05) is 81.6 Å². The number of unbranched alkanes of at least 4 members (excludes halogenated alkanes) is 7. The first-order valence-electron chi connectivity index (χ1n) is 15.2. The highest BCUT2D eigenvalue weighted by Crippen LogP contribution is 2.35. The number of carbonyl (C=O) groups is 2. The predicted molar refractivity (Wildman–Crippen MR) is 180 cm³/mol. The largest absolute Gasteiger partial charge is 0.497 e. The number of aromatic nitrogens is 1. The Morgan fingerprint density at radius 1 is 1.07 bits per heavy atom. The van der Waals surface area contributed by atoms with Gasteiger partial charge in [-0.2, -0.15) is 5.26 Å². The summed E-state index contributed by atoms with van der Waals surface area (Å²) in [6.45, 7) is 5.11. The second-order valence-electron chi connectivity index (χ2n) is 10.8. The number of aliphatic carboxylic acids is 1. The maximum absolute atomic E-state index is 13.5. The molecule has 44 heavy (non-hydrogen) atoms. The minimum atomic E-state index is -0.736. The van der Waals surface area contributed by atoms with Crippen LogP contribution in [0.5, 0.6) is 5.75 Å². The summed E-state index contributed by atoms with van der Waals surface area (Å²) in [5.74, 6) is 0.418. The monoisotopic (exact) mass is 638 g/mol. The zero-order chi connectivity index (χ0) is 32.1. The molecule has 2 aromatic rings. The number of methoxy groups -OCH3 is 1. The molecule has 1 aromatic heterocycles. The number of ether oxygens (including phenoxy) is 1. The van der Waals surface area contributed by atoms with E-state index in [0.29, 0.717) is 52.2 Å². The van der Waals surface area contributed by atoms with Gasteiger partial charge in [-0.15, -0.1) is 0 Å². The van der Waals surface area contributed by atoms with Crippen molar-refractivity contribution in [2.75, 3.05) is 19.0 Å². The zero-order valence-corrected chi connectivity index (χ0v) is 27.5. The lowest BCUT2D eigenvalue weighted by atomic mass is 10.0. The maximum atomic E-state index is 13.5. The SMILES string of the molecule is CCCn1c(NCc2ccc(OC)cc2)c(/C=C2/SC(=S)N(CCCCCCCCCCC(=O)O)C2=O)c(C)c(C#N)c1=O. The van der Waals surface area contributed by atoms with Crippen LogP contribution >= 0.6 is 24.0 Å². The van der Waals surface area contributed by atoms with Crippen molar-refractivity contribution in [3.63, 3.8) is 0 Å². The number of thiocarbonyl (C=S) groups is 1. The van der Waals surface area contributed by atoms with Crippen LogP contribution in [-0.4, -0.2) is 44.4 Å². The number of nitrogens with zero attached hydrogens (tertiary/aromatic N) is 3. The van der Waals surface area contributed by atoms with Gasteiger partial charge in [0, 0.05) is 31.6 Å². The average molecular weight is 639 g/mol. The first kappa shape index (κ1) is 34.9. The number of anilines is 1. The Kier molecular flexibility index (Phi) is 14.0. The standard InChI is InChI=1S/C33H42N4O5S2/c1-4-18-36-30(35-22-24-14-16-25(42-3)17-15-24)26(23(2)27(21-34)31(36)40)20-28-32(41)37(33(43)44-28)19-12-10-8-6-5-7-9-11-13-29(38)39/h14-17,20,35H,4-13,18-19,22H2,1-3H3,(H,38,39)/b28-20+. The topological polar surface area (TPSA) is 125 Å². The van der Waals surface area contributed by atoms with Gasteiger partial charge in [0.05, 0.1) is 12.0 Å². The van der Waals surface area contributed by atoms with Crippen LogP contribution in [0.4, 0.5) is 5.82 Å². The van der Waals surface area contributed by atoms with E-state index in [1.165, 1.54) is 11.8 Å². The molecule has 236 valence electrons. The Labute approximate surface area is 269 Å². The Hall–Kier alpha value is -3.62. The van der Waals surface area contributed by atoms with Crippen LogP contribution in [0.1, 0.15) is 93.4 Å². The van der Waals surface area contributed by atoms with Crippen molar-refractivity contribution in [2.24, 2.45) is 0 Å². The highest BCUT2D eigenvalue weighted by atomic mass is 32.2. The van der Waals surface area contributed by atoms with Gasteiger partial charge in [-0.25, -0.2) is 0 Å². The lowest BCUT2D eigenvalue weighted by Crippen LogP contribution is -2.29. The molecular formula is C33H42N4O5S2. The number of pyridine rings is 1. The van der Waals surface area contributed by atoms with Crippen molar-refractivity contribution in [1.82, 2.24) is 9.47 Å². The molecular weight excluding hydrogens is 597 g/mol. The third-order valence-electron chi connectivity index (χ3n) is 7.61.